The lowest BCUT2D eigenvalue weighted by molar-refractivity contribution is 0.328. The van der Waals surface area contributed by atoms with Crippen molar-refractivity contribution in [3.8, 4) is 0 Å². The van der Waals surface area contributed by atoms with Crippen LogP contribution in [-0.4, -0.2) is 33.5 Å². The maximum atomic E-state index is 11.6. The number of benzene rings is 1. The van der Waals surface area contributed by atoms with Crippen LogP contribution in [0.4, 0.5) is 0 Å². The maximum Gasteiger partial charge on any atom is 0.147 e. The zero-order chi connectivity index (χ0) is 15.3. The van der Waals surface area contributed by atoms with Gasteiger partial charge in [0.15, 0.2) is 0 Å². The summed E-state index contributed by atoms with van der Waals surface area (Å²) in [6.45, 7) is 4.03. The van der Waals surface area contributed by atoms with Gasteiger partial charge in [-0.25, -0.2) is 8.42 Å². The van der Waals surface area contributed by atoms with Crippen molar-refractivity contribution < 1.29 is 8.42 Å². The Kier molecular flexibility index (Phi) is 5.44. The molecule has 2 rings (SSSR count). The quantitative estimate of drug-likeness (QED) is 0.788. The summed E-state index contributed by atoms with van der Waals surface area (Å²) in [4.78, 5) is 0. The lowest BCUT2D eigenvalue weighted by Crippen LogP contribution is -2.42. The standard InChI is InChI=1S/C17H27NO2S/c1-3-12-18-14-17(11-13-21(2,19)20)10-6-8-15-7-4-5-9-16(15)17/h4-5,7,9,18H,3,6,8,10-14H2,1-2H3. The Hall–Kier alpha value is -0.870. The number of hydrogen-bond acceptors (Lipinski definition) is 3. The Bertz CT molecular complexity index is 568. The van der Waals surface area contributed by atoms with E-state index in [0.29, 0.717) is 0 Å². The van der Waals surface area contributed by atoms with Crippen LogP contribution in [0.1, 0.15) is 43.7 Å². The van der Waals surface area contributed by atoms with E-state index in [2.05, 4.69) is 36.5 Å². The van der Waals surface area contributed by atoms with Gasteiger partial charge in [0, 0.05) is 18.2 Å². The SMILES string of the molecule is CCCNCC1(CCS(C)(=O)=O)CCCc2ccccc21. The molecule has 4 heteroatoms. The van der Waals surface area contributed by atoms with Crippen LogP contribution in [0.3, 0.4) is 0 Å². The predicted octanol–water partition coefficient (Wildman–Crippen LogP) is 2.70. The third-order valence-corrected chi connectivity index (χ3v) is 5.48. The third kappa shape index (κ3) is 4.30. The van der Waals surface area contributed by atoms with Crippen molar-refractivity contribution in [2.24, 2.45) is 0 Å². The fraction of sp³-hybridized carbons (Fsp3) is 0.647. The van der Waals surface area contributed by atoms with E-state index in [4.69, 9.17) is 0 Å². The van der Waals surface area contributed by atoms with Crippen LogP contribution in [-0.2, 0) is 21.7 Å². The van der Waals surface area contributed by atoms with Crippen molar-refractivity contribution in [3.05, 3.63) is 35.4 Å². The molecule has 0 radical (unpaired) electrons. The molecule has 118 valence electrons. The molecule has 0 heterocycles. The van der Waals surface area contributed by atoms with E-state index in [9.17, 15) is 8.42 Å². The molecule has 0 aliphatic heterocycles. The van der Waals surface area contributed by atoms with Crippen LogP contribution in [0.25, 0.3) is 0 Å². The van der Waals surface area contributed by atoms with Gasteiger partial charge in [-0.15, -0.1) is 0 Å². The molecule has 0 saturated carbocycles. The molecule has 0 fully saturated rings. The monoisotopic (exact) mass is 309 g/mol. The Labute approximate surface area is 129 Å². The number of fused-ring (bicyclic) bond motifs is 1. The summed E-state index contributed by atoms with van der Waals surface area (Å²) in [5, 5.41) is 3.53. The van der Waals surface area contributed by atoms with Crippen molar-refractivity contribution in [2.75, 3.05) is 25.1 Å². The van der Waals surface area contributed by atoms with Crippen molar-refractivity contribution in [2.45, 2.75) is 44.4 Å². The minimum Gasteiger partial charge on any atom is -0.316 e. The third-order valence-electron chi connectivity index (χ3n) is 4.53. The van der Waals surface area contributed by atoms with Gasteiger partial charge in [-0.1, -0.05) is 31.2 Å². The van der Waals surface area contributed by atoms with Gasteiger partial charge in [0.2, 0.25) is 0 Å². The van der Waals surface area contributed by atoms with Gasteiger partial charge in [0.25, 0.3) is 0 Å². The van der Waals surface area contributed by atoms with Gasteiger partial charge in [0.05, 0.1) is 5.75 Å². The average molecular weight is 309 g/mol. The zero-order valence-electron chi connectivity index (χ0n) is 13.2. The van der Waals surface area contributed by atoms with Gasteiger partial charge < -0.3 is 5.32 Å². The van der Waals surface area contributed by atoms with Crippen LogP contribution in [0.5, 0.6) is 0 Å². The number of hydrogen-bond donors (Lipinski definition) is 1. The maximum absolute atomic E-state index is 11.6. The van der Waals surface area contributed by atoms with Crippen LogP contribution in [0.2, 0.25) is 0 Å². The van der Waals surface area contributed by atoms with Crippen LogP contribution >= 0.6 is 0 Å². The first-order valence-electron chi connectivity index (χ1n) is 7.94. The highest BCUT2D eigenvalue weighted by atomic mass is 32.2. The summed E-state index contributed by atoms with van der Waals surface area (Å²) in [6.07, 6.45) is 6.51. The Balaban J connectivity index is 2.28. The van der Waals surface area contributed by atoms with Crippen LogP contribution < -0.4 is 5.32 Å². The normalized spacial score (nSPS) is 22.0. The van der Waals surface area contributed by atoms with Crippen LogP contribution in [0, 0.1) is 0 Å². The first kappa shape index (κ1) is 16.5. The molecule has 1 unspecified atom stereocenters. The van der Waals surface area contributed by atoms with Gasteiger partial charge in [-0.3, -0.25) is 0 Å². The van der Waals surface area contributed by atoms with Gasteiger partial charge in [-0.05, 0) is 49.8 Å². The highest BCUT2D eigenvalue weighted by Crippen LogP contribution is 2.40. The molecule has 0 amide bonds. The van der Waals surface area contributed by atoms with Crippen molar-refractivity contribution in [1.82, 2.24) is 5.32 Å². The summed E-state index contributed by atoms with van der Waals surface area (Å²) in [6, 6.07) is 8.57. The van der Waals surface area contributed by atoms with Crippen molar-refractivity contribution in [3.63, 3.8) is 0 Å². The number of nitrogens with one attached hydrogen (secondary N) is 1. The number of rotatable bonds is 7. The number of aryl methyl sites for hydroxylation is 1. The summed E-state index contributed by atoms with van der Waals surface area (Å²) in [5.41, 5.74) is 2.74. The predicted molar refractivity (Wildman–Crippen MR) is 88.5 cm³/mol. The second-order valence-corrected chi connectivity index (χ2v) is 8.61. The minimum atomic E-state index is -2.92. The van der Waals surface area contributed by atoms with Crippen molar-refractivity contribution in [1.29, 1.82) is 0 Å². The highest BCUT2D eigenvalue weighted by Gasteiger charge is 2.36. The molecule has 0 spiro atoms. The van der Waals surface area contributed by atoms with E-state index in [1.807, 2.05) is 0 Å². The van der Waals surface area contributed by atoms with E-state index >= 15 is 0 Å². The molecule has 3 nitrogen and oxygen atoms in total. The summed E-state index contributed by atoms with van der Waals surface area (Å²) in [7, 11) is -2.92. The molecule has 1 aliphatic carbocycles. The van der Waals surface area contributed by atoms with Gasteiger partial charge in [0.1, 0.15) is 9.84 Å². The summed E-state index contributed by atoms with van der Waals surface area (Å²) < 4.78 is 23.3. The molecule has 1 aliphatic rings. The molecular weight excluding hydrogens is 282 g/mol. The molecule has 0 aromatic heterocycles. The smallest absolute Gasteiger partial charge is 0.147 e. The minimum absolute atomic E-state index is 0.0207. The van der Waals surface area contributed by atoms with E-state index < -0.39 is 9.84 Å². The molecular formula is C17H27NO2S. The largest absolute Gasteiger partial charge is 0.316 e. The second kappa shape index (κ2) is 6.93. The zero-order valence-corrected chi connectivity index (χ0v) is 14.0. The Morgan fingerprint density at radius 1 is 1.29 bits per heavy atom. The first-order valence-corrected chi connectivity index (χ1v) is 10.00. The van der Waals surface area contributed by atoms with Gasteiger partial charge in [-0.2, -0.15) is 0 Å². The molecule has 1 atom stereocenters. The number of sulfone groups is 1. The summed E-state index contributed by atoms with van der Waals surface area (Å²) >= 11 is 0. The molecule has 1 N–H and O–H groups in total. The second-order valence-electron chi connectivity index (χ2n) is 6.35. The Morgan fingerprint density at radius 3 is 2.76 bits per heavy atom. The van der Waals surface area contributed by atoms with Gasteiger partial charge >= 0.3 is 0 Å². The first-order chi connectivity index (χ1) is 9.97. The van der Waals surface area contributed by atoms with Crippen LogP contribution in [0.15, 0.2) is 24.3 Å². The molecule has 1 aromatic rings. The molecule has 21 heavy (non-hydrogen) atoms. The fourth-order valence-electron chi connectivity index (χ4n) is 3.42. The van der Waals surface area contributed by atoms with Crippen molar-refractivity contribution >= 4 is 9.84 Å². The Morgan fingerprint density at radius 2 is 2.05 bits per heavy atom. The van der Waals surface area contributed by atoms with E-state index in [1.165, 1.54) is 17.4 Å². The molecule has 0 saturated heterocycles. The average Bonchev–Trinajstić information content (AvgIpc) is 2.45. The molecule has 0 bridgehead atoms. The van der Waals surface area contributed by atoms with E-state index in [0.717, 1.165) is 45.2 Å². The fourth-order valence-corrected chi connectivity index (χ4v) is 4.19. The highest BCUT2D eigenvalue weighted by molar-refractivity contribution is 7.90. The summed E-state index contributed by atoms with van der Waals surface area (Å²) in [5.74, 6) is 0.273. The lowest BCUT2D eigenvalue weighted by atomic mass is 9.68. The van der Waals surface area contributed by atoms with E-state index in [1.54, 1.807) is 0 Å². The topological polar surface area (TPSA) is 46.2 Å². The molecule has 1 aromatic carbocycles. The lowest BCUT2D eigenvalue weighted by Gasteiger charge is -2.39. The van der Waals surface area contributed by atoms with E-state index in [-0.39, 0.29) is 11.2 Å².